The zero-order valence-electron chi connectivity index (χ0n) is 18.3. The van der Waals surface area contributed by atoms with Crippen molar-refractivity contribution in [1.29, 1.82) is 5.26 Å². The molecule has 0 bridgehead atoms. The Morgan fingerprint density at radius 3 is 2.56 bits per heavy atom. The van der Waals surface area contributed by atoms with Crippen LogP contribution < -0.4 is 4.90 Å². The lowest BCUT2D eigenvalue weighted by Gasteiger charge is -2.20. The lowest BCUT2D eigenvalue weighted by atomic mass is 9.91. The SMILES string of the molecule is Cc1ccc2nc(C(=O)N3CC(C)(C)c4ncc(-c5ccc(C#N)cc5)cc43)ccc2c1. The molecule has 0 saturated carbocycles. The van der Waals surface area contributed by atoms with Gasteiger partial charge in [0.2, 0.25) is 0 Å². The molecule has 3 heterocycles. The molecule has 1 aliphatic rings. The Bertz CT molecular complexity index is 1410. The van der Waals surface area contributed by atoms with Crippen LogP contribution in [0.2, 0.25) is 0 Å². The molecular formula is C27H22N4O. The van der Waals surface area contributed by atoms with Crippen LogP contribution in [0.25, 0.3) is 22.0 Å². The minimum atomic E-state index is -0.262. The van der Waals surface area contributed by atoms with E-state index in [9.17, 15) is 4.79 Å². The lowest BCUT2D eigenvalue weighted by Crippen LogP contribution is -2.34. The molecule has 0 unspecified atom stereocenters. The first-order chi connectivity index (χ1) is 15.4. The molecule has 0 atom stereocenters. The summed E-state index contributed by atoms with van der Waals surface area (Å²) in [4.78, 5) is 24.7. The molecule has 5 nitrogen and oxygen atoms in total. The molecular weight excluding hydrogens is 396 g/mol. The van der Waals surface area contributed by atoms with Gasteiger partial charge in [0, 0.05) is 29.1 Å². The van der Waals surface area contributed by atoms with E-state index in [4.69, 9.17) is 10.2 Å². The van der Waals surface area contributed by atoms with Gasteiger partial charge >= 0.3 is 0 Å². The summed E-state index contributed by atoms with van der Waals surface area (Å²) in [5, 5.41) is 10.1. The molecule has 0 fully saturated rings. The third kappa shape index (κ3) is 3.30. The summed E-state index contributed by atoms with van der Waals surface area (Å²) < 4.78 is 0. The molecule has 0 radical (unpaired) electrons. The van der Waals surface area contributed by atoms with Gasteiger partial charge in [-0.3, -0.25) is 9.78 Å². The zero-order valence-corrected chi connectivity index (χ0v) is 18.3. The lowest BCUT2D eigenvalue weighted by molar-refractivity contribution is 0.0981. The van der Waals surface area contributed by atoms with Gasteiger partial charge in [-0.05, 0) is 48.9 Å². The van der Waals surface area contributed by atoms with Crippen molar-refractivity contribution in [1.82, 2.24) is 9.97 Å². The van der Waals surface area contributed by atoms with Crippen LogP contribution >= 0.6 is 0 Å². The van der Waals surface area contributed by atoms with Crippen molar-refractivity contribution in [3.63, 3.8) is 0 Å². The van der Waals surface area contributed by atoms with Crippen molar-refractivity contribution >= 4 is 22.5 Å². The summed E-state index contributed by atoms with van der Waals surface area (Å²) in [6.07, 6.45) is 1.84. The number of carbonyl (C=O) groups excluding carboxylic acids is 1. The van der Waals surface area contributed by atoms with E-state index in [0.29, 0.717) is 17.8 Å². The first-order valence-corrected chi connectivity index (χ1v) is 10.6. The maximum absolute atomic E-state index is 13.5. The van der Waals surface area contributed by atoms with Crippen LogP contribution in [0.1, 0.15) is 41.2 Å². The van der Waals surface area contributed by atoms with Gasteiger partial charge in [-0.2, -0.15) is 5.26 Å². The predicted octanol–water partition coefficient (Wildman–Crippen LogP) is 5.41. The monoisotopic (exact) mass is 418 g/mol. The van der Waals surface area contributed by atoms with E-state index < -0.39 is 0 Å². The van der Waals surface area contributed by atoms with Crippen LogP contribution in [0, 0.1) is 18.3 Å². The second kappa shape index (κ2) is 7.28. The molecule has 0 aliphatic carbocycles. The second-order valence-electron chi connectivity index (χ2n) is 8.95. The molecule has 1 aliphatic heterocycles. The first-order valence-electron chi connectivity index (χ1n) is 10.6. The van der Waals surface area contributed by atoms with Crippen LogP contribution in [-0.4, -0.2) is 22.4 Å². The molecule has 32 heavy (non-hydrogen) atoms. The van der Waals surface area contributed by atoms with Crippen molar-refractivity contribution in [2.45, 2.75) is 26.2 Å². The van der Waals surface area contributed by atoms with Crippen LogP contribution in [-0.2, 0) is 5.41 Å². The molecule has 2 aromatic carbocycles. The molecule has 4 aromatic rings. The van der Waals surface area contributed by atoms with Gasteiger partial charge in [0.05, 0.1) is 28.5 Å². The number of fused-ring (bicyclic) bond motifs is 2. The van der Waals surface area contributed by atoms with E-state index in [-0.39, 0.29) is 11.3 Å². The summed E-state index contributed by atoms with van der Waals surface area (Å²) in [5.74, 6) is -0.127. The van der Waals surface area contributed by atoms with Crippen molar-refractivity contribution in [2.75, 3.05) is 11.4 Å². The second-order valence-corrected chi connectivity index (χ2v) is 8.95. The summed E-state index contributed by atoms with van der Waals surface area (Å²) in [6, 6.07) is 21.3. The van der Waals surface area contributed by atoms with E-state index in [2.05, 4.69) is 31.0 Å². The normalized spacial score (nSPS) is 14.2. The molecule has 0 N–H and O–H groups in total. The maximum Gasteiger partial charge on any atom is 0.276 e. The van der Waals surface area contributed by atoms with Crippen LogP contribution in [0.3, 0.4) is 0 Å². The van der Waals surface area contributed by atoms with E-state index in [1.165, 1.54) is 0 Å². The maximum atomic E-state index is 13.5. The van der Waals surface area contributed by atoms with Gasteiger partial charge in [-0.15, -0.1) is 0 Å². The summed E-state index contributed by atoms with van der Waals surface area (Å²) in [6.45, 7) is 6.78. The largest absolute Gasteiger partial charge is 0.304 e. The van der Waals surface area contributed by atoms with E-state index in [0.717, 1.165) is 39.0 Å². The van der Waals surface area contributed by atoms with Crippen molar-refractivity contribution in [3.8, 4) is 17.2 Å². The Morgan fingerprint density at radius 2 is 1.81 bits per heavy atom. The highest BCUT2D eigenvalue weighted by Crippen LogP contribution is 2.41. The number of hydrogen-bond donors (Lipinski definition) is 0. The number of nitriles is 1. The summed E-state index contributed by atoms with van der Waals surface area (Å²) in [5.41, 5.74) is 6.32. The third-order valence-corrected chi connectivity index (χ3v) is 6.01. The fourth-order valence-corrected chi connectivity index (χ4v) is 4.31. The van der Waals surface area contributed by atoms with Gasteiger partial charge in [0.25, 0.3) is 5.91 Å². The van der Waals surface area contributed by atoms with Crippen molar-refractivity contribution in [2.24, 2.45) is 0 Å². The topological polar surface area (TPSA) is 69.9 Å². The van der Waals surface area contributed by atoms with Gasteiger partial charge in [0.1, 0.15) is 5.69 Å². The number of benzene rings is 2. The third-order valence-electron chi connectivity index (χ3n) is 6.01. The van der Waals surface area contributed by atoms with E-state index in [1.54, 1.807) is 23.1 Å². The number of amides is 1. The van der Waals surface area contributed by atoms with Crippen LogP contribution in [0.15, 0.2) is 66.9 Å². The molecule has 1 amide bonds. The molecule has 2 aromatic heterocycles. The Balaban J connectivity index is 1.55. The number of pyridine rings is 2. The standard InChI is InChI=1S/C27H22N4O/c1-17-4-10-22-20(12-17)9-11-23(30-22)26(32)31-16-27(2,3)25-24(31)13-21(15-29-25)19-7-5-18(14-28)6-8-19/h4-13,15H,16H2,1-3H3. The van der Waals surface area contributed by atoms with E-state index >= 15 is 0 Å². The number of anilines is 1. The minimum Gasteiger partial charge on any atom is -0.304 e. The average molecular weight is 419 g/mol. The Kier molecular flexibility index (Phi) is 4.53. The Morgan fingerprint density at radius 1 is 1.03 bits per heavy atom. The van der Waals surface area contributed by atoms with Crippen molar-refractivity contribution in [3.05, 3.63) is 89.4 Å². The average Bonchev–Trinajstić information content (AvgIpc) is 3.08. The number of aryl methyl sites for hydroxylation is 1. The minimum absolute atomic E-state index is 0.127. The van der Waals surface area contributed by atoms with Gasteiger partial charge in [-0.1, -0.05) is 43.7 Å². The number of rotatable bonds is 2. The fraction of sp³-hybridized carbons (Fsp3) is 0.185. The molecule has 156 valence electrons. The van der Waals surface area contributed by atoms with Gasteiger partial charge < -0.3 is 4.90 Å². The highest BCUT2D eigenvalue weighted by atomic mass is 16.2. The molecule has 0 saturated heterocycles. The van der Waals surface area contributed by atoms with Crippen molar-refractivity contribution < 1.29 is 4.79 Å². The summed E-state index contributed by atoms with van der Waals surface area (Å²) >= 11 is 0. The quantitative estimate of drug-likeness (QED) is 0.436. The highest BCUT2D eigenvalue weighted by molar-refractivity contribution is 6.07. The van der Waals surface area contributed by atoms with Crippen LogP contribution in [0.5, 0.6) is 0 Å². The predicted molar refractivity (Wildman–Crippen MR) is 126 cm³/mol. The fourth-order valence-electron chi connectivity index (χ4n) is 4.31. The van der Waals surface area contributed by atoms with E-state index in [1.807, 2.05) is 49.5 Å². The number of hydrogen-bond acceptors (Lipinski definition) is 4. The van der Waals surface area contributed by atoms with Gasteiger partial charge in [0.15, 0.2) is 0 Å². The number of aromatic nitrogens is 2. The van der Waals surface area contributed by atoms with Crippen LogP contribution in [0.4, 0.5) is 5.69 Å². The highest BCUT2D eigenvalue weighted by Gasteiger charge is 2.40. The number of nitrogens with zero attached hydrogens (tertiary/aromatic N) is 4. The summed E-state index contributed by atoms with van der Waals surface area (Å²) in [7, 11) is 0. The zero-order chi connectivity index (χ0) is 22.5. The number of carbonyl (C=O) groups is 1. The molecule has 5 rings (SSSR count). The smallest absolute Gasteiger partial charge is 0.276 e. The van der Waals surface area contributed by atoms with Gasteiger partial charge in [-0.25, -0.2) is 4.98 Å². The first kappa shape index (κ1) is 19.9. The Labute approximate surface area is 187 Å². The molecule has 5 heteroatoms. The molecule has 0 spiro atoms. The Hall–Kier alpha value is -4.04.